The second kappa shape index (κ2) is 5.75. The van der Waals surface area contributed by atoms with Crippen LogP contribution in [-0.4, -0.2) is 10.8 Å². The summed E-state index contributed by atoms with van der Waals surface area (Å²) in [6, 6.07) is 9.12. The van der Waals surface area contributed by atoms with Gasteiger partial charge in [-0.05, 0) is 29.8 Å². The zero-order valence-corrected chi connectivity index (χ0v) is 11.7. The van der Waals surface area contributed by atoms with Gasteiger partial charge in [0.1, 0.15) is 5.69 Å². The van der Waals surface area contributed by atoms with Crippen molar-refractivity contribution in [2.45, 2.75) is 12.6 Å². The van der Waals surface area contributed by atoms with Crippen molar-refractivity contribution < 1.29 is 18.0 Å². The van der Waals surface area contributed by atoms with E-state index in [1.54, 1.807) is 18.2 Å². The van der Waals surface area contributed by atoms with Gasteiger partial charge in [0.2, 0.25) is 0 Å². The number of alkyl halides is 3. The van der Waals surface area contributed by atoms with Crippen LogP contribution in [0, 0.1) is 0 Å². The van der Waals surface area contributed by atoms with Crippen LogP contribution >= 0.6 is 15.9 Å². The molecule has 1 aromatic carbocycles. The van der Waals surface area contributed by atoms with E-state index in [-0.39, 0.29) is 17.9 Å². The zero-order chi connectivity index (χ0) is 14.8. The number of hydrogen-bond acceptors (Lipinski definition) is 2. The molecule has 1 aromatic heterocycles. The summed E-state index contributed by atoms with van der Waals surface area (Å²) in [5.41, 5.74) is -0.0689. The highest BCUT2D eigenvalue weighted by Gasteiger charge is 2.30. The number of aromatic nitrogens is 1. The molecular formula is C14H9BrF3NO. The molecule has 0 aliphatic heterocycles. The number of ketones is 1. The highest BCUT2D eigenvalue weighted by Crippen LogP contribution is 2.28. The van der Waals surface area contributed by atoms with Crippen LogP contribution in [0.1, 0.15) is 21.6 Å². The summed E-state index contributed by atoms with van der Waals surface area (Å²) in [5, 5.41) is 0. The monoisotopic (exact) mass is 343 g/mol. The van der Waals surface area contributed by atoms with Crippen LogP contribution in [-0.2, 0) is 12.6 Å². The van der Waals surface area contributed by atoms with E-state index in [0.29, 0.717) is 6.20 Å². The topological polar surface area (TPSA) is 30.0 Å². The molecule has 0 atom stereocenters. The number of Topliss-reactive ketones (excluding diaryl/α,β-unsaturated/α-hetero) is 1. The first-order valence-electron chi connectivity index (χ1n) is 5.67. The fourth-order valence-corrected chi connectivity index (χ4v) is 2.10. The van der Waals surface area contributed by atoms with E-state index >= 15 is 0 Å². The molecule has 0 N–H and O–H groups in total. The molecule has 0 fully saturated rings. The van der Waals surface area contributed by atoms with Crippen molar-refractivity contribution in [1.29, 1.82) is 0 Å². The predicted molar refractivity (Wildman–Crippen MR) is 71.4 cm³/mol. The molecule has 2 nitrogen and oxygen atoms in total. The van der Waals surface area contributed by atoms with Crippen molar-refractivity contribution in [3.05, 3.63) is 63.9 Å². The molecule has 20 heavy (non-hydrogen) atoms. The summed E-state index contributed by atoms with van der Waals surface area (Å²) in [5.74, 6) is -0.322. The first kappa shape index (κ1) is 14.7. The van der Waals surface area contributed by atoms with Crippen molar-refractivity contribution in [1.82, 2.24) is 4.98 Å². The van der Waals surface area contributed by atoms with Crippen molar-refractivity contribution in [3.63, 3.8) is 0 Å². The number of carbonyl (C=O) groups excluding carboxylic acids is 1. The number of halogens is 4. The van der Waals surface area contributed by atoms with Crippen molar-refractivity contribution in [2.75, 3.05) is 0 Å². The van der Waals surface area contributed by atoms with E-state index in [9.17, 15) is 18.0 Å². The third-order valence-electron chi connectivity index (χ3n) is 2.63. The molecule has 104 valence electrons. The number of carbonyl (C=O) groups is 1. The summed E-state index contributed by atoms with van der Waals surface area (Å²) < 4.78 is 38.0. The number of benzene rings is 1. The predicted octanol–water partition coefficient (Wildman–Crippen LogP) is 4.29. The minimum absolute atomic E-state index is 0.0259. The SMILES string of the molecule is O=C(Cc1cccc(Br)c1)c1ccc(C(F)(F)F)cn1. The van der Waals surface area contributed by atoms with Crippen LogP contribution in [0.15, 0.2) is 47.1 Å². The Kier molecular flexibility index (Phi) is 4.23. The van der Waals surface area contributed by atoms with Crippen molar-refractivity contribution in [3.8, 4) is 0 Å². The lowest BCUT2D eigenvalue weighted by molar-refractivity contribution is -0.137. The van der Waals surface area contributed by atoms with Crippen LogP contribution in [0.4, 0.5) is 13.2 Å². The van der Waals surface area contributed by atoms with Gasteiger partial charge in [-0.1, -0.05) is 28.1 Å². The summed E-state index contributed by atoms with van der Waals surface area (Å²) in [7, 11) is 0. The Morgan fingerprint density at radius 3 is 2.50 bits per heavy atom. The Morgan fingerprint density at radius 1 is 1.20 bits per heavy atom. The Labute approximate surface area is 121 Å². The fourth-order valence-electron chi connectivity index (χ4n) is 1.65. The van der Waals surface area contributed by atoms with E-state index in [0.717, 1.165) is 22.2 Å². The van der Waals surface area contributed by atoms with Gasteiger partial charge in [-0.25, -0.2) is 0 Å². The molecule has 0 saturated carbocycles. The highest BCUT2D eigenvalue weighted by molar-refractivity contribution is 9.10. The molecule has 2 rings (SSSR count). The largest absolute Gasteiger partial charge is 0.417 e. The second-order valence-corrected chi connectivity index (χ2v) is 5.08. The van der Waals surface area contributed by atoms with Crippen LogP contribution in [0.3, 0.4) is 0 Å². The van der Waals surface area contributed by atoms with Gasteiger partial charge in [-0.2, -0.15) is 13.2 Å². The van der Waals surface area contributed by atoms with E-state index in [2.05, 4.69) is 20.9 Å². The molecule has 0 aliphatic rings. The van der Waals surface area contributed by atoms with Gasteiger partial charge in [0.25, 0.3) is 0 Å². The van der Waals surface area contributed by atoms with Crippen LogP contribution in [0.25, 0.3) is 0 Å². The molecule has 2 aromatic rings. The number of pyridine rings is 1. The van der Waals surface area contributed by atoms with Crippen LogP contribution in [0.2, 0.25) is 0 Å². The Bertz CT molecular complexity index is 623. The minimum Gasteiger partial charge on any atom is -0.292 e. The maximum atomic E-state index is 12.4. The molecule has 6 heteroatoms. The maximum Gasteiger partial charge on any atom is 0.417 e. The van der Waals surface area contributed by atoms with Gasteiger partial charge in [0.05, 0.1) is 5.56 Å². The van der Waals surface area contributed by atoms with E-state index in [4.69, 9.17) is 0 Å². The van der Waals surface area contributed by atoms with Gasteiger partial charge < -0.3 is 0 Å². The number of rotatable bonds is 3. The lowest BCUT2D eigenvalue weighted by Crippen LogP contribution is -2.09. The lowest BCUT2D eigenvalue weighted by Gasteiger charge is -2.06. The molecule has 1 heterocycles. The van der Waals surface area contributed by atoms with Crippen molar-refractivity contribution in [2.24, 2.45) is 0 Å². The fraction of sp³-hybridized carbons (Fsp3) is 0.143. The van der Waals surface area contributed by atoms with E-state index in [1.807, 2.05) is 6.07 Å². The lowest BCUT2D eigenvalue weighted by atomic mass is 10.1. The summed E-state index contributed by atoms with van der Waals surface area (Å²) in [6.07, 6.45) is -3.68. The van der Waals surface area contributed by atoms with Crippen molar-refractivity contribution >= 4 is 21.7 Å². The van der Waals surface area contributed by atoms with E-state index < -0.39 is 11.7 Å². The minimum atomic E-state index is -4.45. The van der Waals surface area contributed by atoms with Crippen LogP contribution in [0.5, 0.6) is 0 Å². The summed E-state index contributed by atoms with van der Waals surface area (Å²) >= 11 is 3.29. The Morgan fingerprint density at radius 2 is 1.95 bits per heavy atom. The Hall–Kier alpha value is -1.69. The third kappa shape index (κ3) is 3.66. The summed E-state index contributed by atoms with van der Waals surface area (Å²) in [6.45, 7) is 0. The van der Waals surface area contributed by atoms with Gasteiger partial charge >= 0.3 is 6.18 Å². The average Bonchev–Trinajstić information content (AvgIpc) is 2.38. The molecule has 0 spiro atoms. The standard InChI is InChI=1S/C14H9BrF3NO/c15-11-3-1-2-9(6-11)7-13(20)12-5-4-10(8-19-12)14(16,17)18/h1-6,8H,7H2. The van der Waals surface area contributed by atoms with Gasteiger partial charge in [-0.3, -0.25) is 9.78 Å². The molecule has 0 amide bonds. The Balaban J connectivity index is 2.14. The van der Waals surface area contributed by atoms with Crippen LogP contribution < -0.4 is 0 Å². The zero-order valence-electron chi connectivity index (χ0n) is 10.1. The second-order valence-electron chi connectivity index (χ2n) is 4.16. The van der Waals surface area contributed by atoms with Gasteiger partial charge in [0, 0.05) is 17.1 Å². The van der Waals surface area contributed by atoms with E-state index in [1.165, 1.54) is 0 Å². The molecule has 0 bridgehead atoms. The number of nitrogens with zero attached hydrogens (tertiary/aromatic N) is 1. The first-order valence-corrected chi connectivity index (χ1v) is 6.46. The number of hydrogen-bond donors (Lipinski definition) is 0. The van der Waals surface area contributed by atoms with Gasteiger partial charge in [-0.15, -0.1) is 0 Å². The third-order valence-corrected chi connectivity index (χ3v) is 3.12. The summed E-state index contributed by atoms with van der Waals surface area (Å²) in [4.78, 5) is 15.5. The smallest absolute Gasteiger partial charge is 0.292 e. The molecule has 0 aliphatic carbocycles. The highest BCUT2D eigenvalue weighted by atomic mass is 79.9. The first-order chi connectivity index (χ1) is 9.36. The van der Waals surface area contributed by atoms with Gasteiger partial charge in [0.15, 0.2) is 5.78 Å². The molecule has 0 saturated heterocycles. The average molecular weight is 344 g/mol. The molecule has 0 radical (unpaired) electrons. The molecule has 0 unspecified atom stereocenters. The molecular weight excluding hydrogens is 335 g/mol. The maximum absolute atomic E-state index is 12.4. The quantitative estimate of drug-likeness (QED) is 0.778. The normalized spacial score (nSPS) is 11.4.